The van der Waals surface area contributed by atoms with E-state index in [-0.39, 0.29) is 0 Å². The summed E-state index contributed by atoms with van der Waals surface area (Å²) < 4.78 is -0.347. The second-order valence-corrected chi connectivity index (χ2v) is 10.0. The highest BCUT2D eigenvalue weighted by molar-refractivity contribution is 8.01. The lowest BCUT2D eigenvalue weighted by atomic mass is 9.85. The Morgan fingerprint density at radius 2 is 2.15 bits per heavy atom. The SMILES string of the molecule is CC1(C)S[C@H]2N(C(=O)[C@]2(C#N)NC(=O)C(N)c2ccc(Cl)s2)[C@H]1C(=O)O. The Morgan fingerprint density at radius 1 is 1.50 bits per heavy atom. The van der Waals surface area contributed by atoms with Crippen LogP contribution in [0.4, 0.5) is 0 Å². The van der Waals surface area contributed by atoms with E-state index in [0.717, 1.165) is 16.2 Å². The number of carboxylic acid groups (broad SMARTS) is 1. The number of nitrogens with two attached hydrogens (primary N) is 1. The Bertz CT molecular complexity index is 851. The minimum Gasteiger partial charge on any atom is -0.480 e. The van der Waals surface area contributed by atoms with E-state index in [1.54, 1.807) is 26.0 Å². The smallest absolute Gasteiger partial charge is 0.327 e. The molecule has 3 rings (SSSR count). The molecule has 2 aliphatic heterocycles. The van der Waals surface area contributed by atoms with Gasteiger partial charge in [-0.25, -0.2) is 4.79 Å². The van der Waals surface area contributed by atoms with Crippen LogP contribution in [0.1, 0.15) is 24.8 Å². The first-order chi connectivity index (χ1) is 12.0. The molecule has 0 aliphatic carbocycles. The average Bonchev–Trinajstić information content (AvgIpc) is 3.10. The number of aliphatic carboxylic acids is 1. The molecule has 3 heterocycles. The molecule has 4 N–H and O–H groups in total. The fourth-order valence-electron chi connectivity index (χ4n) is 3.20. The number of thioether (sulfide) groups is 1. The number of β-lactam (4-membered cyclic amide) rings is 1. The molecule has 2 amide bonds. The summed E-state index contributed by atoms with van der Waals surface area (Å²) >= 11 is 8.14. The topological polar surface area (TPSA) is 137 Å². The number of carboxylic acids is 1. The highest BCUT2D eigenvalue weighted by atomic mass is 35.5. The number of halogens is 1. The molecule has 2 fully saturated rings. The van der Waals surface area contributed by atoms with Crippen molar-refractivity contribution in [2.75, 3.05) is 0 Å². The van der Waals surface area contributed by atoms with Crippen LogP contribution in [0, 0.1) is 11.3 Å². The van der Waals surface area contributed by atoms with Gasteiger partial charge in [0.1, 0.15) is 23.5 Å². The molecule has 1 aromatic heterocycles. The first kappa shape index (κ1) is 19.0. The van der Waals surface area contributed by atoms with E-state index in [1.807, 2.05) is 6.07 Å². The maximum absolute atomic E-state index is 12.7. The maximum Gasteiger partial charge on any atom is 0.327 e. The number of rotatable bonds is 4. The highest BCUT2D eigenvalue weighted by Crippen LogP contribution is 2.54. The van der Waals surface area contributed by atoms with Crippen molar-refractivity contribution >= 4 is 52.5 Å². The molecule has 0 radical (unpaired) electrons. The van der Waals surface area contributed by atoms with Crippen LogP contribution in [-0.4, -0.2) is 49.5 Å². The molecule has 138 valence electrons. The highest BCUT2D eigenvalue weighted by Gasteiger charge is 2.73. The van der Waals surface area contributed by atoms with Gasteiger partial charge in [-0.15, -0.1) is 23.1 Å². The first-order valence-corrected chi connectivity index (χ1v) is 9.60. The number of carbonyl (C=O) groups is 3. The van der Waals surface area contributed by atoms with Crippen molar-refractivity contribution in [3.05, 3.63) is 21.3 Å². The van der Waals surface area contributed by atoms with Crippen molar-refractivity contribution in [1.29, 1.82) is 5.26 Å². The van der Waals surface area contributed by atoms with E-state index in [0.29, 0.717) is 9.21 Å². The van der Waals surface area contributed by atoms with Crippen molar-refractivity contribution in [3.8, 4) is 6.07 Å². The van der Waals surface area contributed by atoms with Gasteiger partial charge in [-0.3, -0.25) is 9.59 Å². The normalized spacial score (nSPS) is 30.1. The monoisotopic (exact) mass is 414 g/mol. The van der Waals surface area contributed by atoms with Gasteiger partial charge in [0.25, 0.3) is 5.91 Å². The van der Waals surface area contributed by atoms with Gasteiger partial charge in [0.2, 0.25) is 11.4 Å². The van der Waals surface area contributed by atoms with Gasteiger partial charge in [-0.1, -0.05) is 11.6 Å². The fraction of sp³-hybridized carbons (Fsp3) is 0.467. The minimum absolute atomic E-state index is 0.460. The van der Waals surface area contributed by atoms with E-state index in [1.165, 1.54) is 11.8 Å². The molecule has 1 unspecified atom stereocenters. The molecule has 4 atom stereocenters. The van der Waals surface area contributed by atoms with Crippen LogP contribution in [0.2, 0.25) is 4.34 Å². The molecule has 0 bridgehead atoms. The number of nitriles is 1. The summed E-state index contributed by atoms with van der Waals surface area (Å²) in [7, 11) is 0. The lowest BCUT2D eigenvalue weighted by Gasteiger charge is -2.49. The quantitative estimate of drug-likeness (QED) is 0.623. The van der Waals surface area contributed by atoms with Crippen molar-refractivity contribution < 1.29 is 19.5 Å². The van der Waals surface area contributed by atoms with Crippen LogP contribution in [0.25, 0.3) is 0 Å². The Kier molecular flexibility index (Phi) is 4.47. The molecule has 0 aromatic carbocycles. The van der Waals surface area contributed by atoms with Gasteiger partial charge >= 0.3 is 5.97 Å². The summed E-state index contributed by atoms with van der Waals surface area (Å²) in [5, 5.41) is 20.7. The van der Waals surface area contributed by atoms with E-state index in [4.69, 9.17) is 17.3 Å². The Hall–Kier alpha value is -1.80. The molecule has 2 saturated heterocycles. The summed E-state index contributed by atoms with van der Waals surface area (Å²) in [5.74, 6) is -2.59. The number of nitrogens with one attached hydrogen (secondary N) is 1. The molecule has 0 spiro atoms. The summed E-state index contributed by atoms with van der Waals surface area (Å²) in [6.45, 7) is 3.37. The van der Waals surface area contributed by atoms with Crippen LogP contribution in [-0.2, 0) is 14.4 Å². The van der Waals surface area contributed by atoms with Gasteiger partial charge in [0.05, 0.1) is 4.34 Å². The maximum atomic E-state index is 12.7. The zero-order chi connectivity index (χ0) is 19.4. The van der Waals surface area contributed by atoms with Crippen LogP contribution >= 0.6 is 34.7 Å². The Labute approximate surface area is 162 Å². The summed E-state index contributed by atoms with van der Waals surface area (Å²) in [6, 6.07) is 2.89. The van der Waals surface area contributed by atoms with E-state index in [2.05, 4.69) is 5.32 Å². The first-order valence-electron chi connectivity index (χ1n) is 7.52. The predicted molar refractivity (Wildman–Crippen MR) is 96.5 cm³/mol. The number of fused-ring (bicyclic) bond motifs is 1. The second-order valence-electron chi connectivity index (χ2n) is 6.56. The third-order valence-corrected chi connectivity index (χ3v) is 7.41. The van der Waals surface area contributed by atoms with E-state index >= 15 is 0 Å². The lowest BCUT2D eigenvalue weighted by Crippen LogP contribution is -2.79. The zero-order valence-electron chi connectivity index (χ0n) is 13.7. The standard InChI is InChI=1S/C15H15ClN4O4S2/c1-14(2)9(11(22)23)20-12(24)15(5-17,13(20)26-14)19-10(21)8(18)6-3-4-7(16)25-6/h3-4,8-9,13H,18H2,1-2H3,(H,19,21)(H,22,23)/t8?,9-,13+,15-/m0/s1. The Balaban J connectivity index is 1.85. The molecule has 0 saturated carbocycles. The predicted octanol–water partition coefficient (Wildman–Crippen LogP) is 0.927. The molecular formula is C15H15ClN4O4S2. The summed E-state index contributed by atoms with van der Waals surface area (Å²) in [4.78, 5) is 38.4. The largest absolute Gasteiger partial charge is 0.480 e. The third kappa shape index (κ3) is 2.58. The van der Waals surface area contributed by atoms with Crippen molar-refractivity contribution in [2.24, 2.45) is 5.73 Å². The number of hydrogen-bond donors (Lipinski definition) is 3. The third-order valence-electron chi connectivity index (χ3n) is 4.46. The van der Waals surface area contributed by atoms with Gasteiger partial charge < -0.3 is 21.1 Å². The molecular weight excluding hydrogens is 400 g/mol. The lowest BCUT2D eigenvalue weighted by molar-refractivity contribution is -0.165. The van der Waals surface area contributed by atoms with E-state index < -0.39 is 45.5 Å². The zero-order valence-corrected chi connectivity index (χ0v) is 16.1. The van der Waals surface area contributed by atoms with Crippen LogP contribution in [0.3, 0.4) is 0 Å². The molecule has 11 heteroatoms. The molecule has 26 heavy (non-hydrogen) atoms. The van der Waals surface area contributed by atoms with E-state index in [9.17, 15) is 24.8 Å². The molecule has 2 aliphatic rings. The van der Waals surface area contributed by atoms with Crippen molar-refractivity contribution in [1.82, 2.24) is 10.2 Å². The van der Waals surface area contributed by atoms with Gasteiger partial charge in [0, 0.05) is 9.62 Å². The number of hydrogen-bond acceptors (Lipinski definition) is 7. The van der Waals surface area contributed by atoms with Crippen LogP contribution in [0.5, 0.6) is 0 Å². The number of nitrogens with zero attached hydrogens (tertiary/aromatic N) is 2. The number of thiophene rings is 1. The number of carbonyl (C=O) groups excluding carboxylic acids is 2. The minimum atomic E-state index is -1.83. The molecule has 8 nitrogen and oxygen atoms in total. The average molecular weight is 415 g/mol. The fourth-order valence-corrected chi connectivity index (χ4v) is 5.90. The van der Waals surface area contributed by atoms with Crippen LogP contribution < -0.4 is 11.1 Å². The van der Waals surface area contributed by atoms with Gasteiger partial charge in [0.15, 0.2) is 0 Å². The van der Waals surface area contributed by atoms with Gasteiger partial charge in [-0.05, 0) is 26.0 Å². The summed E-state index contributed by atoms with van der Waals surface area (Å²) in [5.41, 5.74) is 4.08. The second kappa shape index (κ2) is 6.13. The number of amides is 2. The van der Waals surface area contributed by atoms with Crippen LogP contribution in [0.15, 0.2) is 12.1 Å². The molecule has 1 aromatic rings. The van der Waals surface area contributed by atoms with Crippen molar-refractivity contribution in [2.45, 2.75) is 41.6 Å². The van der Waals surface area contributed by atoms with Crippen molar-refractivity contribution in [3.63, 3.8) is 0 Å². The summed E-state index contributed by atoms with van der Waals surface area (Å²) in [6.07, 6.45) is 0. The van der Waals surface area contributed by atoms with Gasteiger partial charge in [-0.2, -0.15) is 5.26 Å². The Morgan fingerprint density at radius 3 is 2.65 bits per heavy atom.